The highest BCUT2D eigenvalue weighted by Crippen LogP contribution is 2.24. The maximum absolute atomic E-state index is 11.2. The average Bonchev–Trinajstić information content (AvgIpc) is 2.60. The summed E-state index contributed by atoms with van der Waals surface area (Å²) in [6, 6.07) is 7.24. The van der Waals surface area contributed by atoms with Gasteiger partial charge in [0.2, 0.25) is 0 Å². The van der Waals surface area contributed by atoms with Crippen molar-refractivity contribution < 1.29 is 10.0 Å². The van der Waals surface area contributed by atoms with Crippen LogP contribution in [0.1, 0.15) is 17.2 Å². The van der Waals surface area contributed by atoms with Crippen LogP contribution >= 0.6 is 0 Å². The molecule has 1 heterocycles. The summed E-state index contributed by atoms with van der Waals surface area (Å²) < 4.78 is 0. The molecule has 13 heavy (non-hydrogen) atoms. The summed E-state index contributed by atoms with van der Waals surface area (Å²) in [4.78, 5) is 11.2. The second-order valence-electron chi connectivity index (χ2n) is 2.99. The fourth-order valence-corrected chi connectivity index (χ4v) is 1.60. The van der Waals surface area contributed by atoms with E-state index in [1.165, 1.54) is 0 Å². The van der Waals surface area contributed by atoms with Gasteiger partial charge in [-0.15, -0.1) is 0 Å². The standard InChI is InChI=1S/C9H10N2O2/c12-9(11-13)8-7-4-2-1-3-6(7)5-10-8/h1-4,8,10,13H,5H2,(H,11,12). The molecule has 0 radical (unpaired) electrons. The Hall–Kier alpha value is -1.39. The van der Waals surface area contributed by atoms with E-state index in [9.17, 15) is 4.79 Å². The van der Waals surface area contributed by atoms with Gasteiger partial charge in [-0.2, -0.15) is 0 Å². The van der Waals surface area contributed by atoms with Crippen LogP contribution in [0, 0.1) is 0 Å². The molecule has 0 saturated heterocycles. The number of hydrogen-bond donors (Lipinski definition) is 3. The monoisotopic (exact) mass is 178 g/mol. The fourth-order valence-electron chi connectivity index (χ4n) is 1.60. The molecular weight excluding hydrogens is 168 g/mol. The molecule has 1 amide bonds. The van der Waals surface area contributed by atoms with Gasteiger partial charge in [-0.25, -0.2) is 5.48 Å². The zero-order chi connectivity index (χ0) is 9.26. The first-order valence-corrected chi connectivity index (χ1v) is 4.08. The van der Waals surface area contributed by atoms with E-state index >= 15 is 0 Å². The van der Waals surface area contributed by atoms with Crippen molar-refractivity contribution in [1.82, 2.24) is 10.8 Å². The van der Waals surface area contributed by atoms with Crippen LogP contribution in [0.25, 0.3) is 0 Å². The second kappa shape index (κ2) is 3.16. The maximum atomic E-state index is 11.2. The molecule has 0 aliphatic carbocycles. The number of amides is 1. The summed E-state index contributed by atoms with van der Waals surface area (Å²) >= 11 is 0. The van der Waals surface area contributed by atoms with Gasteiger partial charge in [-0.05, 0) is 11.1 Å². The Morgan fingerprint density at radius 2 is 2.31 bits per heavy atom. The van der Waals surface area contributed by atoms with Gasteiger partial charge in [0, 0.05) is 6.54 Å². The summed E-state index contributed by atoms with van der Waals surface area (Å²) in [5.41, 5.74) is 3.69. The van der Waals surface area contributed by atoms with E-state index in [2.05, 4.69) is 5.32 Å². The zero-order valence-corrected chi connectivity index (χ0v) is 6.95. The van der Waals surface area contributed by atoms with Crippen molar-refractivity contribution in [2.75, 3.05) is 0 Å². The molecule has 0 aromatic heterocycles. The molecule has 1 aromatic carbocycles. The fraction of sp³-hybridized carbons (Fsp3) is 0.222. The molecule has 1 unspecified atom stereocenters. The lowest BCUT2D eigenvalue weighted by molar-refractivity contribution is -0.131. The average molecular weight is 178 g/mol. The lowest BCUT2D eigenvalue weighted by Gasteiger charge is -2.08. The number of rotatable bonds is 1. The van der Waals surface area contributed by atoms with Gasteiger partial charge in [0.05, 0.1) is 0 Å². The zero-order valence-electron chi connectivity index (χ0n) is 6.95. The normalized spacial score (nSPS) is 19.6. The molecule has 2 rings (SSSR count). The van der Waals surface area contributed by atoms with E-state index in [1.807, 2.05) is 24.3 Å². The van der Waals surface area contributed by atoms with Crippen molar-refractivity contribution in [2.24, 2.45) is 0 Å². The summed E-state index contributed by atoms with van der Waals surface area (Å²) in [5.74, 6) is -0.412. The molecule has 4 nitrogen and oxygen atoms in total. The van der Waals surface area contributed by atoms with Gasteiger partial charge < -0.3 is 0 Å². The van der Waals surface area contributed by atoms with Crippen molar-refractivity contribution >= 4 is 5.91 Å². The highest BCUT2D eigenvalue weighted by molar-refractivity contribution is 5.83. The Morgan fingerprint density at radius 3 is 3.08 bits per heavy atom. The minimum atomic E-state index is -0.416. The van der Waals surface area contributed by atoms with Crippen LogP contribution in [0.5, 0.6) is 0 Å². The predicted octanol–water partition coefficient (Wildman–Crippen LogP) is 0.336. The quantitative estimate of drug-likeness (QED) is 0.429. The van der Waals surface area contributed by atoms with Gasteiger partial charge in [-0.3, -0.25) is 15.3 Å². The smallest absolute Gasteiger partial charge is 0.265 e. The highest BCUT2D eigenvalue weighted by Gasteiger charge is 2.26. The number of benzene rings is 1. The van der Waals surface area contributed by atoms with E-state index in [4.69, 9.17) is 5.21 Å². The first-order valence-electron chi connectivity index (χ1n) is 4.08. The van der Waals surface area contributed by atoms with Crippen molar-refractivity contribution in [3.8, 4) is 0 Å². The number of carbonyl (C=O) groups excluding carboxylic acids is 1. The van der Waals surface area contributed by atoms with Crippen LogP contribution < -0.4 is 10.8 Å². The van der Waals surface area contributed by atoms with Crippen LogP contribution in [0.3, 0.4) is 0 Å². The van der Waals surface area contributed by atoms with E-state index in [-0.39, 0.29) is 0 Å². The molecule has 1 aromatic rings. The Kier molecular flexibility index (Phi) is 2.00. The van der Waals surface area contributed by atoms with Crippen LogP contribution in [0.15, 0.2) is 24.3 Å². The largest absolute Gasteiger partial charge is 0.298 e. The molecule has 0 bridgehead atoms. The number of carbonyl (C=O) groups is 1. The van der Waals surface area contributed by atoms with Crippen LogP contribution in [0.4, 0.5) is 0 Å². The molecule has 4 heteroatoms. The Morgan fingerprint density at radius 1 is 1.54 bits per heavy atom. The first kappa shape index (κ1) is 8.22. The third-order valence-electron chi connectivity index (χ3n) is 2.24. The van der Waals surface area contributed by atoms with Crippen molar-refractivity contribution in [1.29, 1.82) is 0 Å². The minimum absolute atomic E-state index is 0.412. The van der Waals surface area contributed by atoms with Crippen LogP contribution in [-0.4, -0.2) is 11.1 Å². The van der Waals surface area contributed by atoms with E-state index in [1.54, 1.807) is 5.48 Å². The molecule has 0 saturated carbocycles. The summed E-state index contributed by atoms with van der Waals surface area (Å²) in [6.45, 7) is 0.675. The SMILES string of the molecule is O=C(NO)C1NCc2ccccc21. The van der Waals surface area contributed by atoms with Gasteiger partial charge >= 0.3 is 0 Å². The maximum Gasteiger partial charge on any atom is 0.265 e. The van der Waals surface area contributed by atoms with Gasteiger partial charge in [-0.1, -0.05) is 24.3 Å². The van der Waals surface area contributed by atoms with Crippen LogP contribution in [0.2, 0.25) is 0 Å². The van der Waals surface area contributed by atoms with Crippen molar-refractivity contribution in [3.05, 3.63) is 35.4 Å². The molecule has 3 N–H and O–H groups in total. The molecule has 68 valence electrons. The number of nitrogens with one attached hydrogen (secondary N) is 2. The Bertz CT molecular complexity index is 338. The summed E-state index contributed by atoms with van der Waals surface area (Å²) in [5, 5.41) is 11.5. The lowest BCUT2D eigenvalue weighted by atomic mass is 10.1. The highest BCUT2D eigenvalue weighted by atomic mass is 16.5. The molecular formula is C9H10N2O2. The Labute approximate surface area is 75.5 Å². The van der Waals surface area contributed by atoms with Gasteiger partial charge in [0.25, 0.3) is 5.91 Å². The summed E-state index contributed by atoms with van der Waals surface area (Å²) in [6.07, 6.45) is 0. The third-order valence-corrected chi connectivity index (χ3v) is 2.24. The van der Waals surface area contributed by atoms with Crippen molar-refractivity contribution in [2.45, 2.75) is 12.6 Å². The molecule has 0 fully saturated rings. The first-order chi connectivity index (χ1) is 6.33. The third kappa shape index (κ3) is 1.30. The number of fused-ring (bicyclic) bond motifs is 1. The Balaban J connectivity index is 2.33. The van der Waals surface area contributed by atoms with Crippen molar-refractivity contribution in [3.63, 3.8) is 0 Å². The van der Waals surface area contributed by atoms with E-state index < -0.39 is 11.9 Å². The topological polar surface area (TPSA) is 61.4 Å². The van der Waals surface area contributed by atoms with Gasteiger partial charge in [0.1, 0.15) is 6.04 Å². The van der Waals surface area contributed by atoms with Crippen LogP contribution in [-0.2, 0) is 11.3 Å². The number of hydroxylamine groups is 1. The summed E-state index contributed by atoms with van der Waals surface area (Å²) in [7, 11) is 0. The van der Waals surface area contributed by atoms with Gasteiger partial charge in [0.15, 0.2) is 0 Å². The van der Waals surface area contributed by atoms with E-state index in [0.29, 0.717) is 6.54 Å². The predicted molar refractivity (Wildman–Crippen MR) is 46.0 cm³/mol. The second-order valence-corrected chi connectivity index (χ2v) is 2.99. The molecule has 1 atom stereocenters. The molecule has 1 aliphatic rings. The van der Waals surface area contributed by atoms with E-state index in [0.717, 1.165) is 11.1 Å². The lowest BCUT2D eigenvalue weighted by Crippen LogP contribution is -2.31. The molecule has 0 spiro atoms. The molecule has 1 aliphatic heterocycles. The minimum Gasteiger partial charge on any atom is -0.298 e. The number of hydrogen-bond acceptors (Lipinski definition) is 3.